The number of aromatic amines is 1. The molecule has 14 nitrogen and oxygen atoms in total. The van der Waals surface area contributed by atoms with E-state index in [1.165, 1.54) is 5.56 Å². The third kappa shape index (κ3) is 6.63. The summed E-state index contributed by atoms with van der Waals surface area (Å²) in [6.45, 7) is 6.17. The Bertz CT molecular complexity index is 1420. The van der Waals surface area contributed by atoms with Gasteiger partial charge >= 0.3 is 0 Å². The van der Waals surface area contributed by atoms with Crippen molar-refractivity contribution >= 4 is 34.2 Å². The maximum absolute atomic E-state index is 12.7. The zero-order valence-electron chi connectivity index (χ0n) is 22.4. The number of rotatable bonds is 9. The molecule has 40 heavy (non-hydrogen) atoms. The Hall–Kier alpha value is -4.32. The molecule has 2 fully saturated rings. The third-order valence-electron chi connectivity index (χ3n) is 7.49. The van der Waals surface area contributed by atoms with Crippen LogP contribution in [0.3, 0.4) is 0 Å². The lowest BCUT2D eigenvalue weighted by molar-refractivity contribution is 0.180. The van der Waals surface area contributed by atoms with E-state index in [1.807, 2.05) is 12.1 Å². The molecule has 0 bridgehead atoms. The first-order valence-corrected chi connectivity index (χ1v) is 13.5. The summed E-state index contributed by atoms with van der Waals surface area (Å²) in [5, 5.41) is 23.0. The molecule has 1 aromatic carbocycles. The molecule has 210 valence electrons. The van der Waals surface area contributed by atoms with Crippen LogP contribution >= 0.6 is 0 Å². The van der Waals surface area contributed by atoms with E-state index in [9.17, 15) is 4.79 Å². The SMILES string of the molecule is N#CCN1CCN(c2nc(Nc3ccc(CN4CCC(C/C(N)=N/NN)CC4)cc3)c3c(=O)[nH]ncc3n2)CC1. The van der Waals surface area contributed by atoms with Crippen molar-refractivity contribution in [3.63, 3.8) is 0 Å². The highest BCUT2D eigenvalue weighted by Gasteiger charge is 2.22. The molecule has 7 N–H and O–H groups in total. The van der Waals surface area contributed by atoms with Gasteiger partial charge in [0.2, 0.25) is 5.95 Å². The number of nitriles is 1. The average Bonchev–Trinajstić information content (AvgIpc) is 2.96. The van der Waals surface area contributed by atoms with E-state index in [0.717, 1.165) is 57.7 Å². The largest absolute Gasteiger partial charge is 0.386 e. The van der Waals surface area contributed by atoms with Gasteiger partial charge in [0, 0.05) is 44.8 Å². The van der Waals surface area contributed by atoms with Crippen LogP contribution < -0.4 is 32.9 Å². The summed E-state index contributed by atoms with van der Waals surface area (Å²) in [6.07, 6.45) is 4.44. The molecule has 4 heterocycles. The Morgan fingerprint density at radius 2 is 1.85 bits per heavy atom. The number of hydrogen-bond donors (Lipinski definition) is 5. The van der Waals surface area contributed by atoms with E-state index in [0.29, 0.717) is 54.1 Å². The van der Waals surface area contributed by atoms with E-state index in [4.69, 9.17) is 21.8 Å². The molecule has 2 aromatic heterocycles. The number of aromatic nitrogens is 4. The molecule has 0 amide bonds. The van der Waals surface area contributed by atoms with Crippen molar-refractivity contribution in [2.75, 3.05) is 56.0 Å². The first kappa shape index (κ1) is 27.3. The zero-order chi connectivity index (χ0) is 27.9. The van der Waals surface area contributed by atoms with E-state index in [-0.39, 0.29) is 5.56 Å². The number of likely N-dealkylation sites (tertiary alicyclic amines) is 1. The Balaban J connectivity index is 1.25. The lowest BCUT2D eigenvalue weighted by Gasteiger charge is -2.33. The molecule has 3 aromatic rings. The van der Waals surface area contributed by atoms with Crippen molar-refractivity contribution < 1.29 is 0 Å². The van der Waals surface area contributed by atoms with Gasteiger partial charge in [-0.15, -0.1) is 0 Å². The number of H-pyrrole nitrogens is 1. The first-order valence-electron chi connectivity index (χ1n) is 13.5. The van der Waals surface area contributed by atoms with Crippen LogP contribution in [-0.2, 0) is 6.54 Å². The molecule has 0 unspecified atom stereocenters. The number of hydrazine groups is 1. The summed E-state index contributed by atoms with van der Waals surface area (Å²) in [6, 6.07) is 10.4. The van der Waals surface area contributed by atoms with Crippen LogP contribution in [0.1, 0.15) is 24.8 Å². The van der Waals surface area contributed by atoms with E-state index >= 15 is 0 Å². The van der Waals surface area contributed by atoms with Gasteiger partial charge in [-0.25, -0.2) is 21.5 Å². The topological polar surface area (TPSA) is 194 Å². The smallest absolute Gasteiger partial charge is 0.277 e. The number of hydrogen-bond acceptors (Lipinski definition) is 12. The standard InChI is InChI=1S/C26H35N13O/c27-7-10-37-11-13-39(14-12-37)26-32-21-16-30-35-25(40)23(21)24(33-26)31-20-3-1-19(2-4-20)17-38-8-5-18(6-9-38)15-22(28)34-36-29/h1-4,16,18,36H,5-6,8-15,17,29H2,(H2,28,34)(H,35,40)(H,31,32,33). The number of nitrogens with zero attached hydrogens (tertiary/aromatic N) is 8. The summed E-state index contributed by atoms with van der Waals surface area (Å²) in [5.74, 6) is 7.25. The second-order valence-electron chi connectivity index (χ2n) is 10.2. The number of fused-ring (bicyclic) bond motifs is 1. The fourth-order valence-corrected chi connectivity index (χ4v) is 5.29. The Morgan fingerprint density at radius 1 is 1.10 bits per heavy atom. The van der Waals surface area contributed by atoms with Gasteiger partial charge in [0.05, 0.1) is 18.8 Å². The number of benzene rings is 1. The Labute approximate surface area is 232 Å². The summed E-state index contributed by atoms with van der Waals surface area (Å²) >= 11 is 0. The second-order valence-corrected chi connectivity index (χ2v) is 10.2. The predicted molar refractivity (Wildman–Crippen MR) is 154 cm³/mol. The lowest BCUT2D eigenvalue weighted by Crippen LogP contribution is -2.47. The van der Waals surface area contributed by atoms with Crippen molar-refractivity contribution in [3.05, 3.63) is 46.4 Å². The van der Waals surface area contributed by atoms with Gasteiger partial charge in [-0.05, 0) is 49.5 Å². The molecule has 0 atom stereocenters. The Kier molecular flexibility index (Phi) is 8.65. The molecule has 2 aliphatic heterocycles. The van der Waals surface area contributed by atoms with Gasteiger partial charge in [-0.3, -0.25) is 14.6 Å². The fourth-order valence-electron chi connectivity index (χ4n) is 5.29. The van der Waals surface area contributed by atoms with Gasteiger partial charge in [-0.2, -0.15) is 20.4 Å². The molecule has 14 heteroatoms. The minimum atomic E-state index is -0.349. The highest BCUT2D eigenvalue weighted by molar-refractivity contribution is 5.90. The monoisotopic (exact) mass is 545 g/mol. The summed E-state index contributed by atoms with van der Waals surface area (Å²) < 4.78 is 0. The van der Waals surface area contributed by atoms with Gasteiger partial charge in [0.25, 0.3) is 5.56 Å². The maximum atomic E-state index is 12.7. The van der Waals surface area contributed by atoms with E-state index in [2.05, 4.69) is 64.0 Å². The molecule has 2 aliphatic rings. The number of nitrogens with one attached hydrogen (secondary N) is 3. The second kappa shape index (κ2) is 12.7. The number of nitrogens with two attached hydrogens (primary N) is 2. The van der Waals surface area contributed by atoms with Gasteiger partial charge < -0.3 is 16.0 Å². The van der Waals surface area contributed by atoms with Crippen molar-refractivity contribution in [3.8, 4) is 6.07 Å². The van der Waals surface area contributed by atoms with Crippen LogP contribution in [0, 0.1) is 17.2 Å². The summed E-state index contributed by atoms with van der Waals surface area (Å²) in [5.41, 5.74) is 10.3. The van der Waals surface area contributed by atoms with Crippen molar-refractivity contribution in [2.45, 2.75) is 25.8 Å². The molecule has 0 spiro atoms. The van der Waals surface area contributed by atoms with E-state index < -0.39 is 0 Å². The number of hydrazone groups is 1. The number of piperidine rings is 1. The first-order chi connectivity index (χ1) is 19.5. The molecule has 0 saturated carbocycles. The Morgan fingerprint density at radius 3 is 2.55 bits per heavy atom. The van der Waals surface area contributed by atoms with Crippen LogP contribution in [0.2, 0.25) is 0 Å². The van der Waals surface area contributed by atoms with Crippen LogP contribution in [0.15, 0.2) is 40.4 Å². The number of piperazine rings is 1. The van der Waals surface area contributed by atoms with Crippen molar-refractivity contribution in [1.29, 1.82) is 5.26 Å². The molecular formula is C26H35N13O. The summed E-state index contributed by atoms with van der Waals surface area (Å²) in [7, 11) is 0. The number of amidine groups is 1. The average molecular weight is 546 g/mol. The van der Waals surface area contributed by atoms with Crippen LogP contribution in [0.5, 0.6) is 0 Å². The number of anilines is 3. The minimum absolute atomic E-state index is 0.349. The highest BCUT2D eigenvalue weighted by Crippen LogP contribution is 2.26. The minimum Gasteiger partial charge on any atom is -0.386 e. The van der Waals surface area contributed by atoms with Gasteiger partial charge in [0.15, 0.2) is 0 Å². The van der Waals surface area contributed by atoms with Crippen molar-refractivity contribution in [2.24, 2.45) is 22.6 Å². The third-order valence-corrected chi connectivity index (χ3v) is 7.49. The van der Waals surface area contributed by atoms with Crippen molar-refractivity contribution in [1.82, 2.24) is 35.5 Å². The van der Waals surface area contributed by atoms with Gasteiger partial charge in [-0.1, -0.05) is 12.1 Å². The van der Waals surface area contributed by atoms with Gasteiger partial charge in [0.1, 0.15) is 22.6 Å². The molecule has 5 rings (SSSR count). The fraction of sp³-hybridized carbons (Fsp3) is 0.462. The van der Waals surface area contributed by atoms with Crippen LogP contribution in [0.4, 0.5) is 17.5 Å². The van der Waals surface area contributed by atoms with E-state index in [1.54, 1.807) is 6.20 Å². The predicted octanol–water partition coefficient (Wildman–Crippen LogP) is 0.440. The quantitative estimate of drug-likeness (QED) is 0.0820. The normalized spacial score (nSPS) is 17.6. The van der Waals surface area contributed by atoms with Crippen LogP contribution in [-0.4, -0.2) is 81.6 Å². The lowest BCUT2D eigenvalue weighted by atomic mass is 9.93. The van der Waals surface area contributed by atoms with Crippen LogP contribution in [0.25, 0.3) is 10.9 Å². The molecular weight excluding hydrogens is 510 g/mol. The zero-order valence-corrected chi connectivity index (χ0v) is 22.4. The summed E-state index contributed by atoms with van der Waals surface area (Å²) in [4.78, 5) is 28.6. The highest BCUT2D eigenvalue weighted by atomic mass is 16.1. The molecule has 2 saturated heterocycles. The molecule has 0 radical (unpaired) electrons. The maximum Gasteiger partial charge on any atom is 0.277 e. The molecule has 0 aliphatic carbocycles.